The molecular formula is C21H33NO2. The smallest absolute Gasteiger partial charge is 0.122 e. The van der Waals surface area contributed by atoms with Gasteiger partial charge < -0.3 is 9.47 Å². The van der Waals surface area contributed by atoms with Crippen LogP contribution in [0, 0.1) is 5.92 Å². The predicted molar refractivity (Wildman–Crippen MR) is 98.9 cm³/mol. The Balaban J connectivity index is 1.55. The molecule has 3 nitrogen and oxygen atoms in total. The van der Waals surface area contributed by atoms with E-state index in [1.165, 1.54) is 36.9 Å². The lowest BCUT2D eigenvalue weighted by molar-refractivity contribution is 0.0374. The lowest BCUT2D eigenvalue weighted by atomic mass is 9.94. The van der Waals surface area contributed by atoms with Gasteiger partial charge in [-0.3, -0.25) is 4.90 Å². The van der Waals surface area contributed by atoms with E-state index in [4.69, 9.17) is 9.47 Å². The second-order valence-corrected chi connectivity index (χ2v) is 7.49. The molecule has 134 valence electrons. The van der Waals surface area contributed by atoms with Crippen LogP contribution in [0.4, 0.5) is 0 Å². The van der Waals surface area contributed by atoms with E-state index >= 15 is 0 Å². The largest absolute Gasteiger partial charge is 0.493 e. The molecule has 0 spiro atoms. The van der Waals surface area contributed by atoms with Crippen LogP contribution in [0.2, 0.25) is 0 Å². The zero-order chi connectivity index (χ0) is 16.8. The first-order chi connectivity index (χ1) is 11.8. The third-order valence-electron chi connectivity index (χ3n) is 5.43. The van der Waals surface area contributed by atoms with Gasteiger partial charge in [-0.1, -0.05) is 26.0 Å². The molecule has 1 aliphatic carbocycles. The predicted octanol–water partition coefficient (Wildman–Crippen LogP) is 4.25. The van der Waals surface area contributed by atoms with Gasteiger partial charge in [-0.15, -0.1) is 0 Å². The van der Waals surface area contributed by atoms with Crippen LogP contribution in [0.3, 0.4) is 0 Å². The fraction of sp³-hybridized carbons (Fsp3) is 0.714. The maximum absolute atomic E-state index is 6.12. The summed E-state index contributed by atoms with van der Waals surface area (Å²) in [6, 6.07) is 6.89. The first-order valence-electron chi connectivity index (χ1n) is 9.82. The highest BCUT2D eigenvalue weighted by molar-refractivity contribution is 5.39. The zero-order valence-electron chi connectivity index (χ0n) is 15.4. The van der Waals surface area contributed by atoms with Crippen molar-refractivity contribution < 1.29 is 9.47 Å². The topological polar surface area (TPSA) is 21.7 Å². The molecule has 1 aromatic carbocycles. The van der Waals surface area contributed by atoms with Crippen molar-refractivity contribution in [2.45, 2.75) is 51.9 Å². The van der Waals surface area contributed by atoms with Crippen molar-refractivity contribution in [3.8, 4) is 5.75 Å². The third-order valence-corrected chi connectivity index (χ3v) is 5.43. The fourth-order valence-corrected chi connectivity index (χ4v) is 3.31. The maximum atomic E-state index is 6.12. The Morgan fingerprint density at radius 2 is 2.04 bits per heavy atom. The number of hydrogen-bond donors (Lipinski definition) is 0. The Morgan fingerprint density at radius 3 is 2.75 bits per heavy atom. The Hall–Kier alpha value is -1.06. The van der Waals surface area contributed by atoms with Crippen LogP contribution in [0.1, 0.15) is 56.6 Å². The van der Waals surface area contributed by atoms with Crippen molar-refractivity contribution in [1.82, 2.24) is 4.90 Å². The number of morpholine rings is 1. The molecule has 0 aromatic heterocycles. The summed E-state index contributed by atoms with van der Waals surface area (Å²) in [5.74, 6) is 2.49. The fourth-order valence-electron chi connectivity index (χ4n) is 3.31. The molecule has 1 saturated heterocycles. The van der Waals surface area contributed by atoms with E-state index in [0.29, 0.717) is 5.92 Å². The van der Waals surface area contributed by atoms with E-state index in [0.717, 1.165) is 57.4 Å². The van der Waals surface area contributed by atoms with Crippen LogP contribution in [0.15, 0.2) is 18.2 Å². The van der Waals surface area contributed by atoms with Gasteiger partial charge in [0.1, 0.15) is 5.75 Å². The van der Waals surface area contributed by atoms with Gasteiger partial charge in [0.15, 0.2) is 0 Å². The average molecular weight is 332 g/mol. The Labute approximate surface area is 147 Å². The first kappa shape index (κ1) is 17.8. The van der Waals surface area contributed by atoms with Gasteiger partial charge in [0.25, 0.3) is 0 Å². The van der Waals surface area contributed by atoms with Gasteiger partial charge in [0.05, 0.1) is 19.8 Å². The van der Waals surface area contributed by atoms with E-state index in [9.17, 15) is 0 Å². The van der Waals surface area contributed by atoms with Gasteiger partial charge in [0.2, 0.25) is 0 Å². The molecule has 3 heteroatoms. The van der Waals surface area contributed by atoms with Gasteiger partial charge >= 0.3 is 0 Å². The molecule has 1 heterocycles. The highest BCUT2D eigenvalue weighted by atomic mass is 16.5. The minimum atomic E-state index is 0.568. The lowest BCUT2D eigenvalue weighted by Crippen LogP contribution is -2.36. The second kappa shape index (κ2) is 8.87. The van der Waals surface area contributed by atoms with E-state index in [2.05, 4.69) is 36.9 Å². The van der Waals surface area contributed by atoms with Crippen molar-refractivity contribution in [3.63, 3.8) is 0 Å². The van der Waals surface area contributed by atoms with Crippen molar-refractivity contribution in [3.05, 3.63) is 29.3 Å². The van der Waals surface area contributed by atoms with Crippen LogP contribution < -0.4 is 4.74 Å². The molecule has 3 rings (SSSR count). The average Bonchev–Trinajstić information content (AvgIpc) is 3.45. The van der Waals surface area contributed by atoms with Crippen molar-refractivity contribution >= 4 is 0 Å². The second-order valence-electron chi connectivity index (χ2n) is 7.49. The van der Waals surface area contributed by atoms with Crippen LogP contribution >= 0.6 is 0 Å². The molecule has 1 atom stereocenters. The summed E-state index contributed by atoms with van der Waals surface area (Å²) in [4.78, 5) is 2.52. The molecule has 0 bridgehead atoms. The summed E-state index contributed by atoms with van der Waals surface area (Å²) < 4.78 is 11.5. The molecule has 1 unspecified atom stereocenters. The molecular weight excluding hydrogens is 298 g/mol. The maximum Gasteiger partial charge on any atom is 0.122 e. The molecule has 1 aliphatic heterocycles. The SMILES string of the molecule is CCC(C)c1cc(CCCN2CCOCC2)ccc1OCC1CC1. The third kappa shape index (κ3) is 5.22. The summed E-state index contributed by atoms with van der Waals surface area (Å²) >= 11 is 0. The Bertz CT molecular complexity index is 507. The number of rotatable bonds is 9. The van der Waals surface area contributed by atoms with E-state index in [-0.39, 0.29) is 0 Å². The quantitative estimate of drug-likeness (QED) is 0.675. The minimum absolute atomic E-state index is 0.568. The number of nitrogens with zero attached hydrogens (tertiary/aromatic N) is 1. The van der Waals surface area contributed by atoms with Gasteiger partial charge in [0, 0.05) is 13.1 Å². The molecule has 0 N–H and O–H groups in total. The molecule has 2 aliphatic rings. The lowest BCUT2D eigenvalue weighted by Gasteiger charge is -2.26. The van der Waals surface area contributed by atoms with Crippen molar-refractivity contribution in [2.75, 3.05) is 39.5 Å². The highest BCUT2D eigenvalue weighted by Gasteiger charge is 2.23. The first-order valence-corrected chi connectivity index (χ1v) is 9.82. The number of hydrogen-bond acceptors (Lipinski definition) is 3. The molecule has 24 heavy (non-hydrogen) atoms. The van der Waals surface area contributed by atoms with Crippen LogP contribution in [0.25, 0.3) is 0 Å². The van der Waals surface area contributed by atoms with E-state index in [1.54, 1.807) is 0 Å². The van der Waals surface area contributed by atoms with Gasteiger partial charge in [-0.25, -0.2) is 0 Å². The minimum Gasteiger partial charge on any atom is -0.493 e. The normalized spacial score (nSPS) is 20.1. The summed E-state index contributed by atoms with van der Waals surface area (Å²) in [6.07, 6.45) is 6.24. The number of ether oxygens (including phenoxy) is 2. The van der Waals surface area contributed by atoms with Crippen LogP contribution in [-0.2, 0) is 11.2 Å². The summed E-state index contributed by atoms with van der Waals surface area (Å²) in [6.45, 7) is 10.6. The summed E-state index contributed by atoms with van der Waals surface area (Å²) in [5, 5.41) is 0. The summed E-state index contributed by atoms with van der Waals surface area (Å²) in [5.41, 5.74) is 2.86. The van der Waals surface area contributed by atoms with Gasteiger partial charge in [-0.05, 0) is 67.7 Å². The molecule has 0 amide bonds. The monoisotopic (exact) mass is 331 g/mol. The van der Waals surface area contributed by atoms with Crippen molar-refractivity contribution in [2.24, 2.45) is 5.92 Å². The Morgan fingerprint density at radius 1 is 1.25 bits per heavy atom. The van der Waals surface area contributed by atoms with E-state index in [1.807, 2.05) is 0 Å². The highest BCUT2D eigenvalue weighted by Crippen LogP contribution is 2.34. The molecule has 2 fully saturated rings. The van der Waals surface area contributed by atoms with Gasteiger partial charge in [-0.2, -0.15) is 0 Å². The van der Waals surface area contributed by atoms with Crippen LogP contribution in [0.5, 0.6) is 5.75 Å². The van der Waals surface area contributed by atoms with Crippen molar-refractivity contribution in [1.29, 1.82) is 0 Å². The molecule has 0 radical (unpaired) electrons. The Kier molecular flexibility index (Phi) is 6.56. The zero-order valence-corrected chi connectivity index (χ0v) is 15.4. The number of benzene rings is 1. The molecule has 1 saturated carbocycles. The van der Waals surface area contributed by atoms with E-state index < -0.39 is 0 Å². The summed E-state index contributed by atoms with van der Waals surface area (Å²) in [7, 11) is 0. The van der Waals surface area contributed by atoms with Crippen LogP contribution in [-0.4, -0.2) is 44.4 Å². The molecule has 1 aromatic rings. The number of aryl methyl sites for hydroxylation is 1. The standard InChI is InChI=1S/C21H33NO2/c1-3-17(2)20-15-18(5-4-10-22-11-13-23-14-12-22)8-9-21(20)24-16-19-6-7-19/h8-9,15,17,19H,3-7,10-14,16H2,1-2H3.